The zero-order valence-corrected chi connectivity index (χ0v) is 11.7. The van der Waals surface area contributed by atoms with Gasteiger partial charge < -0.3 is 0 Å². The van der Waals surface area contributed by atoms with Crippen molar-refractivity contribution in [3.8, 4) is 0 Å². The third kappa shape index (κ3) is 1.67. The lowest BCUT2D eigenvalue weighted by Crippen LogP contribution is -2.22. The van der Waals surface area contributed by atoms with Crippen LogP contribution in [-0.2, 0) is 10.5 Å². The monoisotopic (exact) mass is 300 g/mol. The Labute approximate surface area is 108 Å². The lowest BCUT2D eigenvalue weighted by Gasteiger charge is -2.35. The maximum Gasteiger partial charge on any atom is 0.0874 e. The van der Waals surface area contributed by atoms with Gasteiger partial charge in [0.25, 0.3) is 0 Å². The summed E-state index contributed by atoms with van der Waals surface area (Å²) in [7, 11) is 0. The van der Waals surface area contributed by atoms with E-state index >= 15 is 0 Å². The molecule has 1 saturated heterocycles. The summed E-state index contributed by atoms with van der Waals surface area (Å²) in [6.07, 6.45) is 3.96. The highest BCUT2D eigenvalue weighted by atomic mass is 79.9. The molecule has 0 atom stereocenters. The lowest BCUT2D eigenvalue weighted by molar-refractivity contribution is 0.641. The highest BCUT2D eigenvalue weighted by Crippen LogP contribution is 2.59. The van der Waals surface area contributed by atoms with E-state index in [1.165, 1.54) is 35.2 Å². The molecule has 0 radical (unpaired) electrons. The fourth-order valence-corrected chi connectivity index (χ4v) is 7.10. The van der Waals surface area contributed by atoms with Gasteiger partial charge in [-0.25, -0.2) is 0 Å². The largest absolute Gasteiger partial charge is 0.138 e. The highest BCUT2D eigenvalue weighted by molar-refractivity contribution is 9.10. The van der Waals surface area contributed by atoms with Crippen LogP contribution in [0.2, 0.25) is 0 Å². The molecule has 15 heavy (non-hydrogen) atoms. The summed E-state index contributed by atoms with van der Waals surface area (Å²) >= 11 is 8.05. The number of fused-ring (bicyclic) bond motifs is 2. The van der Waals surface area contributed by atoms with Gasteiger partial charge in [-0.1, -0.05) is 28.1 Å². The molecule has 3 rings (SSSR count). The van der Waals surface area contributed by atoms with Crippen molar-refractivity contribution < 1.29 is 0 Å². The van der Waals surface area contributed by atoms with Crippen molar-refractivity contribution >= 4 is 39.5 Å². The Balaban J connectivity index is 2.16. The summed E-state index contributed by atoms with van der Waals surface area (Å²) in [6.45, 7) is 0. The molecule has 0 saturated carbocycles. The number of halogens is 1. The molecule has 1 aromatic rings. The van der Waals surface area contributed by atoms with E-state index in [9.17, 15) is 0 Å². The molecule has 2 aliphatic rings. The van der Waals surface area contributed by atoms with Crippen molar-refractivity contribution in [2.45, 2.75) is 23.3 Å². The second-order valence-corrected chi connectivity index (χ2v) is 7.98. The smallest absolute Gasteiger partial charge is 0.0874 e. The molecule has 0 nitrogen and oxygen atoms in total. The van der Waals surface area contributed by atoms with Gasteiger partial charge in [0, 0.05) is 16.0 Å². The van der Waals surface area contributed by atoms with E-state index in [0.29, 0.717) is 4.08 Å². The fourth-order valence-electron chi connectivity index (χ4n) is 2.58. The SMILES string of the molecule is Brc1cccc2c1C1(CCC2)SCCS1. The Morgan fingerprint density at radius 1 is 1.20 bits per heavy atom. The highest BCUT2D eigenvalue weighted by Gasteiger charge is 2.41. The molecule has 1 aliphatic carbocycles. The molecule has 3 heteroatoms. The minimum absolute atomic E-state index is 0.383. The minimum atomic E-state index is 0.383. The van der Waals surface area contributed by atoms with Gasteiger partial charge >= 0.3 is 0 Å². The standard InChI is InChI=1S/C12H13BrS2/c13-10-5-1-3-9-4-2-6-12(11(9)10)14-7-8-15-12/h1,3,5H,2,4,6-8H2. The first-order chi connectivity index (χ1) is 7.32. The predicted molar refractivity (Wildman–Crippen MR) is 73.7 cm³/mol. The third-order valence-electron chi connectivity index (χ3n) is 3.19. The van der Waals surface area contributed by atoms with Gasteiger partial charge in [-0.2, -0.15) is 0 Å². The third-order valence-corrected chi connectivity index (χ3v) is 7.38. The average molecular weight is 301 g/mol. The zero-order chi connectivity index (χ0) is 10.3. The maximum absolute atomic E-state index is 3.74. The molecule has 0 amide bonds. The lowest BCUT2D eigenvalue weighted by atomic mass is 9.91. The Morgan fingerprint density at radius 2 is 2.00 bits per heavy atom. The van der Waals surface area contributed by atoms with Gasteiger partial charge in [0.2, 0.25) is 0 Å². The zero-order valence-electron chi connectivity index (χ0n) is 8.46. The van der Waals surface area contributed by atoms with Crippen LogP contribution in [0.3, 0.4) is 0 Å². The van der Waals surface area contributed by atoms with E-state index < -0.39 is 0 Å². The van der Waals surface area contributed by atoms with Crippen molar-refractivity contribution in [1.82, 2.24) is 0 Å². The van der Waals surface area contributed by atoms with Crippen molar-refractivity contribution in [3.05, 3.63) is 33.8 Å². The van der Waals surface area contributed by atoms with Crippen LogP contribution in [0.5, 0.6) is 0 Å². The van der Waals surface area contributed by atoms with Gasteiger partial charge in [-0.3, -0.25) is 0 Å². The first kappa shape index (κ1) is 10.5. The molecule has 80 valence electrons. The summed E-state index contributed by atoms with van der Waals surface area (Å²) in [4.78, 5) is 0. The van der Waals surface area contributed by atoms with Gasteiger partial charge in [0.05, 0.1) is 4.08 Å². The van der Waals surface area contributed by atoms with E-state index in [1.54, 1.807) is 11.1 Å². The molecule has 1 fully saturated rings. The van der Waals surface area contributed by atoms with Crippen molar-refractivity contribution in [1.29, 1.82) is 0 Å². The van der Waals surface area contributed by atoms with Crippen LogP contribution in [0.25, 0.3) is 0 Å². The maximum atomic E-state index is 3.74. The molecular formula is C12H13BrS2. The van der Waals surface area contributed by atoms with Gasteiger partial charge in [0.1, 0.15) is 0 Å². The van der Waals surface area contributed by atoms with Gasteiger partial charge in [-0.15, -0.1) is 23.5 Å². The minimum Gasteiger partial charge on any atom is -0.138 e. The van der Waals surface area contributed by atoms with Crippen LogP contribution in [0.1, 0.15) is 24.0 Å². The van der Waals surface area contributed by atoms with Crippen molar-refractivity contribution in [2.75, 3.05) is 11.5 Å². The van der Waals surface area contributed by atoms with E-state index in [4.69, 9.17) is 0 Å². The molecule has 0 N–H and O–H groups in total. The first-order valence-corrected chi connectivity index (χ1v) is 8.14. The van der Waals surface area contributed by atoms with Crippen molar-refractivity contribution in [2.24, 2.45) is 0 Å². The topological polar surface area (TPSA) is 0 Å². The molecule has 1 aromatic carbocycles. The normalized spacial score (nSPS) is 23.0. The molecule has 0 aromatic heterocycles. The second kappa shape index (κ2) is 4.01. The van der Waals surface area contributed by atoms with Crippen LogP contribution in [-0.4, -0.2) is 11.5 Å². The Hall–Kier alpha value is 0.400. The quantitative estimate of drug-likeness (QED) is 0.696. The first-order valence-electron chi connectivity index (χ1n) is 5.38. The second-order valence-electron chi connectivity index (χ2n) is 4.08. The Morgan fingerprint density at radius 3 is 2.80 bits per heavy atom. The number of hydrogen-bond acceptors (Lipinski definition) is 2. The molecular weight excluding hydrogens is 288 g/mol. The van der Waals surface area contributed by atoms with Crippen molar-refractivity contribution in [3.63, 3.8) is 0 Å². The van der Waals surface area contributed by atoms with Crippen LogP contribution in [0.15, 0.2) is 22.7 Å². The Kier molecular flexibility index (Phi) is 2.82. The summed E-state index contributed by atoms with van der Waals surface area (Å²) in [5.41, 5.74) is 3.15. The van der Waals surface area contributed by atoms with Crippen LogP contribution in [0.4, 0.5) is 0 Å². The van der Waals surface area contributed by atoms with Crippen LogP contribution in [0, 0.1) is 0 Å². The summed E-state index contributed by atoms with van der Waals surface area (Å²) in [5, 5.41) is 0. The van der Waals surface area contributed by atoms with Crippen LogP contribution >= 0.6 is 39.5 Å². The average Bonchev–Trinajstić information content (AvgIpc) is 2.67. The van der Waals surface area contributed by atoms with Crippen LogP contribution < -0.4 is 0 Å². The molecule has 1 spiro atoms. The number of hydrogen-bond donors (Lipinski definition) is 0. The van der Waals surface area contributed by atoms with E-state index in [0.717, 1.165) is 0 Å². The molecule has 0 unspecified atom stereocenters. The number of rotatable bonds is 0. The van der Waals surface area contributed by atoms with E-state index in [-0.39, 0.29) is 0 Å². The van der Waals surface area contributed by atoms with E-state index in [1.807, 2.05) is 0 Å². The summed E-state index contributed by atoms with van der Waals surface area (Å²) < 4.78 is 1.70. The summed E-state index contributed by atoms with van der Waals surface area (Å²) in [5.74, 6) is 2.62. The van der Waals surface area contributed by atoms with Gasteiger partial charge in [0.15, 0.2) is 0 Å². The molecule has 0 bridgehead atoms. The number of aryl methyl sites for hydroxylation is 1. The number of benzene rings is 1. The van der Waals surface area contributed by atoms with Gasteiger partial charge in [-0.05, 0) is 36.5 Å². The summed E-state index contributed by atoms with van der Waals surface area (Å²) in [6, 6.07) is 6.68. The number of thioether (sulfide) groups is 2. The molecule has 1 aliphatic heterocycles. The predicted octanol–water partition coefficient (Wildman–Crippen LogP) is 4.42. The molecule has 1 heterocycles. The fraction of sp³-hybridized carbons (Fsp3) is 0.500. The Bertz CT molecular complexity index is 383. The van der Waals surface area contributed by atoms with E-state index in [2.05, 4.69) is 57.7 Å².